The number of anilines is 2. The van der Waals surface area contributed by atoms with Crippen molar-refractivity contribution in [2.75, 3.05) is 42.9 Å². The molecule has 3 fully saturated rings. The predicted molar refractivity (Wildman–Crippen MR) is 201 cm³/mol. The van der Waals surface area contributed by atoms with E-state index in [4.69, 9.17) is 0 Å². The van der Waals surface area contributed by atoms with E-state index in [1.807, 2.05) is 13.1 Å². The number of alkyl halides is 3. The fraction of sp³-hybridized carbons (Fsp3) is 0.486. The maximum Gasteiger partial charge on any atom is 0.427 e. The van der Waals surface area contributed by atoms with Gasteiger partial charge in [-0.15, -0.1) is 0 Å². The van der Waals surface area contributed by atoms with Crippen LogP contribution in [0.1, 0.15) is 72.9 Å². The van der Waals surface area contributed by atoms with Crippen LogP contribution in [-0.2, 0) is 34.5 Å². The van der Waals surface area contributed by atoms with E-state index in [1.54, 1.807) is 16.8 Å². The lowest BCUT2D eigenvalue weighted by Crippen LogP contribution is -2.49. The number of piperidine rings is 2. The summed E-state index contributed by atoms with van der Waals surface area (Å²) in [4.78, 5) is 31.2. The van der Waals surface area contributed by atoms with Gasteiger partial charge in [0.1, 0.15) is 4.88 Å². The second-order valence-corrected chi connectivity index (χ2v) is 17.4. The van der Waals surface area contributed by atoms with Crippen molar-refractivity contribution in [2.45, 2.75) is 80.9 Å². The molecule has 0 bridgehead atoms. The van der Waals surface area contributed by atoms with Crippen molar-refractivity contribution < 1.29 is 31.2 Å². The average Bonchev–Trinajstić information content (AvgIpc) is 3.78. The first-order valence-electron chi connectivity index (χ1n) is 18.4. The van der Waals surface area contributed by atoms with Crippen molar-refractivity contribution in [3.05, 3.63) is 64.2 Å². The minimum atomic E-state index is -4.46. The highest BCUT2D eigenvalue weighted by atomic mass is 32.2. The van der Waals surface area contributed by atoms with E-state index in [0.717, 1.165) is 49.5 Å². The van der Waals surface area contributed by atoms with Crippen molar-refractivity contribution in [3.8, 4) is 6.07 Å². The zero-order valence-corrected chi connectivity index (χ0v) is 32.1. The molecule has 3 amide bonds. The number of hydrogen-bond acceptors (Lipinski definition) is 10. The van der Waals surface area contributed by atoms with Crippen LogP contribution in [0.15, 0.2) is 47.5 Å². The third kappa shape index (κ3) is 8.20. The largest absolute Gasteiger partial charge is 0.427 e. The number of aryl methyl sites for hydroxylation is 2. The molecule has 0 spiro atoms. The molecule has 2 aromatic carbocycles. The first-order chi connectivity index (χ1) is 26.2. The van der Waals surface area contributed by atoms with Crippen LogP contribution in [0.5, 0.6) is 0 Å². The number of aromatic nitrogens is 3. The number of amides is 3. The van der Waals surface area contributed by atoms with E-state index in [2.05, 4.69) is 50.7 Å². The Morgan fingerprint density at radius 3 is 2.47 bits per heavy atom. The number of thiazole rings is 1. The van der Waals surface area contributed by atoms with Gasteiger partial charge < -0.3 is 10.2 Å². The molecule has 1 atom stereocenters. The van der Waals surface area contributed by atoms with Gasteiger partial charge in [-0.05, 0) is 106 Å². The first-order valence-corrected chi connectivity index (χ1v) is 20.6. The molecule has 5 heterocycles. The molecule has 7 rings (SSSR count). The Morgan fingerprint density at radius 2 is 1.80 bits per heavy atom. The van der Waals surface area contributed by atoms with Gasteiger partial charge in [0.15, 0.2) is 10.9 Å². The summed E-state index contributed by atoms with van der Waals surface area (Å²) in [5, 5.41) is 20.9. The number of nitrogens with one attached hydrogen (secondary N) is 2. The molecule has 3 saturated heterocycles. The van der Waals surface area contributed by atoms with Crippen LogP contribution in [0.2, 0.25) is 0 Å². The van der Waals surface area contributed by atoms with E-state index in [9.17, 15) is 36.4 Å². The molecule has 18 heteroatoms. The van der Waals surface area contributed by atoms with Gasteiger partial charge in [-0.2, -0.15) is 27.8 Å². The molecule has 55 heavy (non-hydrogen) atoms. The van der Waals surface area contributed by atoms with Crippen molar-refractivity contribution in [3.63, 3.8) is 0 Å². The Labute approximate surface area is 321 Å². The smallest absolute Gasteiger partial charge is 0.359 e. The van der Waals surface area contributed by atoms with E-state index >= 15 is 0 Å². The van der Waals surface area contributed by atoms with Crippen LogP contribution >= 0.6 is 11.3 Å². The molecule has 0 radical (unpaired) electrons. The molecule has 13 nitrogen and oxygen atoms in total. The highest BCUT2D eigenvalue weighted by Crippen LogP contribution is 2.37. The molecule has 292 valence electrons. The number of nitrogens with zero attached hydrogens (tertiary/aromatic N) is 7. The third-order valence-corrected chi connectivity index (χ3v) is 13.9. The number of hydrogen-bond donors (Lipinski definition) is 2. The predicted octanol–water partition coefficient (Wildman–Crippen LogP) is 5.83. The lowest BCUT2D eigenvalue weighted by Gasteiger charge is -2.36. The highest BCUT2D eigenvalue weighted by molar-refractivity contribution is 7.89. The van der Waals surface area contributed by atoms with Crippen LogP contribution in [0, 0.1) is 11.3 Å². The van der Waals surface area contributed by atoms with E-state index in [1.165, 1.54) is 20.8 Å². The summed E-state index contributed by atoms with van der Waals surface area (Å²) >= 11 is 0.533. The standard InChI is InChI=1S/C37H42F3N9O4S2/c1-23(47-14-9-24(10-15-47)26-6-8-30-31(20-26)46(2)45-34(30)49-18-13-33(50)44-36(49)51)3-4-25-19-29(7-5-27(25)21-41)55(52,53)48-16-11-28(12-17-48)43-35-42-22-32(54-35)37(38,39)40/h5-8,19-20,22-24,28H,3-4,9-18H2,1-2H3,(H,42,43)(H,44,50,51). The van der Waals surface area contributed by atoms with E-state index in [0.29, 0.717) is 53.5 Å². The van der Waals surface area contributed by atoms with Crippen LogP contribution in [-0.4, -0.2) is 89.1 Å². The Balaban J connectivity index is 0.932. The number of likely N-dealkylation sites (tertiary alicyclic amines) is 1. The van der Waals surface area contributed by atoms with Crippen molar-refractivity contribution in [1.29, 1.82) is 5.26 Å². The zero-order valence-electron chi connectivity index (χ0n) is 30.5. The van der Waals surface area contributed by atoms with Gasteiger partial charge in [0.05, 0.1) is 28.2 Å². The Morgan fingerprint density at radius 1 is 1.05 bits per heavy atom. The number of urea groups is 1. The molecule has 1 unspecified atom stereocenters. The zero-order chi connectivity index (χ0) is 39.1. The van der Waals surface area contributed by atoms with Crippen molar-refractivity contribution in [1.82, 2.24) is 29.3 Å². The SMILES string of the molecule is CC(CCc1cc(S(=O)(=O)N2CCC(Nc3ncc(C(F)(F)F)s3)CC2)ccc1C#N)N1CCC(c2ccc3c(N4CCC(=O)NC4=O)nn(C)c3c2)CC1. The van der Waals surface area contributed by atoms with Crippen LogP contribution in [0.25, 0.3) is 10.9 Å². The minimum Gasteiger partial charge on any atom is -0.359 e. The molecule has 4 aromatic rings. The summed E-state index contributed by atoms with van der Waals surface area (Å²) < 4.78 is 69.5. The normalized spacial score (nSPS) is 19.1. The Hall–Kier alpha value is -4.57. The monoisotopic (exact) mass is 797 g/mol. The van der Waals surface area contributed by atoms with Gasteiger partial charge in [0.25, 0.3) is 0 Å². The second kappa shape index (κ2) is 15.5. The topological polar surface area (TPSA) is 157 Å². The second-order valence-electron chi connectivity index (χ2n) is 14.5. The minimum absolute atomic E-state index is 0.128. The maximum absolute atomic E-state index is 13.7. The molecule has 2 aromatic heterocycles. The summed E-state index contributed by atoms with van der Waals surface area (Å²) in [7, 11) is -2.00. The lowest BCUT2D eigenvalue weighted by molar-refractivity contribution is -0.134. The number of sulfonamides is 1. The van der Waals surface area contributed by atoms with Crippen molar-refractivity contribution >= 4 is 55.2 Å². The summed E-state index contributed by atoms with van der Waals surface area (Å²) in [6, 6.07) is 12.7. The van der Waals surface area contributed by atoms with Crippen molar-refractivity contribution in [2.24, 2.45) is 7.05 Å². The average molecular weight is 798 g/mol. The molecular weight excluding hydrogens is 756 g/mol. The first kappa shape index (κ1) is 38.7. The van der Waals surface area contributed by atoms with Gasteiger partial charge in [-0.25, -0.2) is 18.2 Å². The molecule has 0 aliphatic carbocycles. The van der Waals surface area contributed by atoms with Crippen LogP contribution in [0.4, 0.5) is 28.9 Å². The Bertz CT molecular complexity index is 2240. The van der Waals surface area contributed by atoms with Gasteiger partial charge in [0, 0.05) is 50.6 Å². The number of halogens is 3. The number of nitriles is 1. The van der Waals surface area contributed by atoms with Crippen LogP contribution < -0.4 is 15.5 Å². The number of imide groups is 1. The van der Waals surface area contributed by atoms with Gasteiger partial charge in [-0.3, -0.25) is 19.7 Å². The summed E-state index contributed by atoms with van der Waals surface area (Å²) in [6.45, 7) is 4.63. The molecule has 3 aliphatic heterocycles. The highest BCUT2D eigenvalue weighted by Gasteiger charge is 2.35. The summed E-state index contributed by atoms with van der Waals surface area (Å²) in [5.74, 6) is 0.602. The Kier molecular flexibility index (Phi) is 10.9. The number of fused-ring (bicyclic) bond motifs is 1. The number of carbonyl (C=O) groups is 2. The maximum atomic E-state index is 13.7. The molecule has 3 aliphatic rings. The molecular formula is C37H42F3N9O4S2. The lowest BCUT2D eigenvalue weighted by atomic mass is 9.88. The summed E-state index contributed by atoms with van der Waals surface area (Å²) in [5.41, 5.74) is 3.26. The third-order valence-electron chi connectivity index (χ3n) is 11.0. The van der Waals surface area contributed by atoms with Gasteiger partial charge in [-0.1, -0.05) is 17.4 Å². The number of benzene rings is 2. The quantitative estimate of drug-likeness (QED) is 0.202. The van der Waals surface area contributed by atoms with E-state index in [-0.39, 0.29) is 54.1 Å². The number of carbonyl (C=O) groups excluding carboxylic acids is 2. The fourth-order valence-corrected chi connectivity index (χ4v) is 10.1. The van der Waals surface area contributed by atoms with Gasteiger partial charge >= 0.3 is 12.2 Å². The van der Waals surface area contributed by atoms with Crippen LogP contribution in [0.3, 0.4) is 0 Å². The molecule has 0 saturated carbocycles. The van der Waals surface area contributed by atoms with E-state index < -0.39 is 27.1 Å². The molecule has 2 N–H and O–H groups in total. The summed E-state index contributed by atoms with van der Waals surface area (Å²) in [6.07, 6.45) is 0.591. The number of rotatable bonds is 10. The fourth-order valence-electron chi connectivity index (χ4n) is 7.78. The van der Waals surface area contributed by atoms with Gasteiger partial charge in [0.2, 0.25) is 15.9 Å².